The van der Waals surface area contributed by atoms with Crippen molar-refractivity contribution in [3.8, 4) is 0 Å². The zero-order valence-corrected chi connectivity index (χ0v) is 13.8. The van der Waals surface area contributed by atoms with Crippen LogP contribution in [0, 0.1) is 17.7 Å². The van der Waals surface area contributed by atoms with Crippen LogP contribution in [0.5, 0.6) is 0 Å². The Morgan fingerprint density at radius 2 is 2.19 bits per heavy atom. The molecule has 1 fully saturated rings. The topological polar surface area (TPSA) is 43.8 Å². The Labute approximate surface area is 132 Å². The van der Waals surface area contributed by atoms with Gasteiger partial charge in [0.05, 0.1) is 5.92 Å². The number of carbonyl (C=O) groups excluding carboxylic acids is 1. The number of nitrogens with zero attached hydrogens (tertiary/aromatic N) is 2. The Morgan fingerprint density at radius 3 is 2.76 bits per heavy atom. The van der Waals surface area contributed by atoms with Crippen molar-refractivity contribution < 1.29 is 14.3 Å². The second kappa shape index (κ2) is 6.85. The number of aliphatic hydroxyl groups excluding tert-OH is 1. The Hall–Kier alpha value is -0.980. The van der Waals surface area contributed by atoms with Gasteiger partial charge in [-0.25, -0.2) is 4.39 Å². The van der Waals surface area contributed by atoms with Crippen LogP contribution in [0.2, 0.25) is 0 Å². The van der Waals surface area contributed by atoms with Gasteiger partial charge in [0.25, 0.3) is 0 Å². The van der Waals surface area contributed by atoms with Gasteiger partial charge in [-0.3, -0.25) is 9.69 Å². The maximum Gasteiger partial charge on any atom is 0.226 e. The summed E-state index contributed by atoms with van der Waals surface area (Å²) in [6.45, 7) is 1.59. The largest absolute Gasteiger partial charge is 0.396 e. The SMILES string of the molecule is CN(C)C(=O)[C@@H]1CN(Cc2ccc(Br)cc2F)C[C@H]1CO. The maximum absolute atomic E-state index is 13.9. The molecular weight excluding hydrogens is 339 g/mol. The summed E-state index contributed by atoms with van der Waals surface area (Å²) in [5.74, 6) is -0.540. The molecule has 0 radical (unpaired) electrons. The van der Waals surface area contributed by atoms with Crippen LogP contribution in [-0.4, -0.2) is 54.6 Å². The maximum atomic E-state index is 13.9. The lowest BCUT2D eigenvalue weighted by Gasteiger charge is -2.20. The van der Waals surface area contributed by atoms with Crippen molar-refractivity contribution in [3.63, 3.8) is 0 Å². The smallest absolute Gasteiger partial charge is 0.226 e. The molecule has 0 aliphatic carbocycles. The molecule has 2 rings (SSSR count). The van der Waals surface area contributed by atoms with E-state index in [1.165, 1.54) is 6.07 Å². The summed E-state index contributed by atoms with van der Waals surface area (Å²) in [5.41, 5.74) is 0.604. The summed E-state index contributed by atoms with van der Waals surface area (Å²) in [7, 11) is 3.43. The van der Waals surface area contributed by atoms with Crippen LogP contribution in [0.25, 0.3) is 0 Å². The molecule has 4 nitrogen and oxygen atoms in total. The molecule has 1 N–H and O–H groups in total. The van der Waals surface area contributed by atoms with Crippen molar-refractivity contribution in [1.29, 1.82) is 0 Å². The van der Waals surface area contributed by atoms with Gasteiger partial charge >= 0.3 is 0 Å². The molecule has 21 heavy (non-hydrogen) atoms. The first-order valence-electron chi connectivity index (χ1n) is 6.90. The second-order valence-electron chi connectivity index (χ2n) is 5.71. The summed E-state index contributed by atoms with van der Waals surface area (Å²) < 4.78 is 14.6. The highest BCUT2D eigenvalue weighted by Crippen LogP contribution is 2.27. The second-order valence-corrected chi connectivity index (χ2v) is 6.63. The number of halogens is 2. The van der Waals surface area contributed by atoms with Gasteiger partial charge < -0.3 is 10.0 Å². The molecular formula is C15H20BrFN2O2. The molecule has 116 valence electrons. The van der Waals surface area contributed by atoms with E-state index in [2.05, 4.69) is 15.9 Å². The van der Waals surface area contributed by atoms with Crippen molar-refractivity contribution >= 4 is 21.8 Å². The normalized spacial score (nSPS) is 22.5. The lowest BCUT2D eigenvalue weighted by Crippen LogP contribution is -2.35. The molecule has 2 atom stereocenters. The zero-order chi connectivity index (χ0) is 15.6. The molecule has 1 aromatic carbocycles. The first kappa shape index (κ1) is 16.4. The van der Waals surface area contributed by atoms with Gasteiger partial charge in [0, 0.05) is 56.3 Å². The summed E-state index contributed by atoms with van der Waals surface area (Å²) >= 11 is 3.24. The number of aliphatic hydroxyl groups is 1. The average Bonchev–Trinajstić information content (AvgIpc) is 2.84. The Balaban J connectivity index is 2.07. The minimum Gasteiger partial charge on any atom is -0.396 e. The van der Waals surface area contributed by atoms with Crippen LogP contribution >= 0.6 is 15.9 Å². The van der Waals surface area contributed by atoms with Gasteiger partial charge in [0.1, 0.15) is 5.82 Å². The van der Waals surface area contributed by atoms with Crippen molar-refractivity contribution in [1.82, 2.24) is 9.80 Å². The average molecular weight is 359 g/mol. The van der Waals surface area contributed by atoms with Crippen molar-refractivity contribution in [2.24, 2.45) is 11.8 Å². The van der Waals surface area contributed by atoms with E-state index >= 15 is 0 Å². The molecule has 1 aromatic rings. The molecule has 6 heteroatoms. The van der Waals surface area contributed by atoms with E-state index in [1.54, 1.807) is 31.1 Å². The molecule has 0 spiro atoms. The van der Waals surface area contributed by atoms with Gasteiger partial charge in [0.15, 0.2) is 0 Å². The van der Waals surface area contributed by atoms with E-state index in [-0.39, 0.29) is 30.2 Å². The number of likely N-dealkylation sites (tertiary alicyclic amines) is 1. The van der Waals surface area contributed by atoms with E-state index < -0.39 is 0 Å². The quantitative estimate of drug-likeness (QED) is 0.890. The molecule has 1 aliphatic heterocycles. The standard InChI is InChI=1S/C15H20BrFN2O2/c1-18(2)15(21)13-8-19(7-11(13)9-20)6-10-3-4-12(16)5-14(10)17/h3-5,11,13,20H,6-9H2,1-2H3/t11-,13+/m0/s1. The van der Waals surface area contributed by atoms with Crippen LogP contribution in [0.1, 0.15) is 5.56 Å². The highest BCUT2D eigenvalue weighted by atomic mass is 79.9. The zero-order valence-electron chi connectivity index (χ0n) is 12.2. The van der Waals surface area contributed by atoms with Gasteiger partial charge in [0.2, 0.25) is 5.91 Å². The van der Waals surface area contributed by atoms with Gasteiger partial charge in [-0.05, 0) is 12.1 Å². The minimum absolute atomic E-state index is 0.0211. The third kappa shape index (κ3) is 3.81. The van der Waals surface area contributed by atoms with Crippen molar-refractivity contribution in [2.75, 3.05) is 33.8 Å². The number of benzene rings is 1. The third-order valence-corrected chi connectivity index (χ3v) is 4.41. The fraction of sp³-hybridized carbons (Fsp3) is 0.533. The van der Waals surface area contributed by atoms with Crippen LogP contribution in [0.3, 0.4) is 0 Å². The first-order valence-corrected chi connectivity index (χ1v) is 7.70. The van der Waals surface area contributed by atoms with Crippen LogP contribution in [-0.2, 0) is 11.3 Å². The lowest BCUT2D eigenvalue weighted by atomic mass is 9.96. The number of rotatable bonds is 4. The summed E-state index contributed by atoms with van der Waals surface area (Å²) in [5, 5.41) is 9.46. The molecule has 0 saturated carbocycles. The molecule has 0 bridgehead atoms. The Kier molecular flexibility index (Phi) is 5.35. The fourth-order valence-corrected chi connectivity index (χ4v) is 3.11. The molecule has 0 unspecified atom stereocenters. The van der Waals surface area contributed by atoms with E-state index in [4.69, 9.17) is 0 Å². The predicted octanol–water partition coefficient (Wildman–Crippen LogP) is 1.72. The molecule has 0 aromatic heterocycles. The van der Waals surface area contributed by atoms with Gasteiger partial charge in [-0.15, -0.1) is 0 Å². The Bertz CT molecular complexity index is 524. The number of carbonyl (C=O) groups is 1. The number of hydrogen-bond acceptors (Lipinski definition) is 3. The fourth-order valence-electron chi connectivity index (χ4n) is 2.78. The van der Waals surface area contributed by atoms with E-state index in [0.717, 1.165) is 0 Å². The molecule has 1 saturated heterocycles. The molecule has 1 aliphatic rings. The van der Waals surface area contributed by atoms with Crippen LogP contribution < -0.4 is 0 Å². The molecule has 1 amide bonds. The van der Waals surface area contributed by atoms with Gasteiger partial charge in [-0.2, -0.15) is 0 Å². The summed E-state index contributed by atoms with van der Waals surface area (Å²) in [4.78, 5) is 15.7. The monoisotopic (exact) mass is 358 g/mol. The third-order valence-electron chi connectivity index (χ3n) is 3.92. The van der Waals surface area contributed by atoms with Crippen LogP contribution in [0.4, 0.5) is 4.39 Å². The molecule has 1 heterocycles. The number of hydrogen-bond donors (Lipinski definition) is 1. The predicted molar refractivity (Wildman–Crippen MR) is 82.1 cm³/mol. The summed E-state index contributed by atoms with van der Waals surface area (Å²) in [6, 6.07) is 4.99. The Morgan fingerprint density at radius 1 is 1.48 bits per heavy atom. The first-order chi connectivity index (χ1) is 9.92. The summed E-state index contributed by atoms with van der Waals surface area (Å²) in [6.07, 6.45) is 0. The highest BCUT2D eigenvalue weighted by Gasteiger charge is 2.37. The van der Waals surface area contributed by atoms with E-state index in [9.17, 15) is 14.3 Å². The van der Waals surface area contributed by atoms with Crippen molar-refractivity contribution in [2.45, 2.75) is 6.54 Å². The van der Waals surface area contributed by atoms with Crippen LogP contribution in [0.15, 0.2) is 22.7 Å². The van der Waals surface area contributed by atoms with Crippen molar-refractivity contribution in [3.05, 3.63) is 34.1 Å². The number of amides is 1. The van der Waals surface area contributed by atoms with E-state index in [1.807, 2.05) is 4.90 Å². The minimum atomic E-state index is -0.257. The van der Waals surface area contributed by atoms with E-state index in [0.29, 0.717) is 29.7 Å². The van der Waals surface area contributed by atoms with Gasteiger partial charge in [-0.1, -0.05) is 22.0 Å². The lowest BCUT2D eigenvalue weighted by molar-refractivity contribution is -0.134. The highest BCUT2D eigenvalue weighted by molar-refractivity contribution is 9.10.